The number of nitrogens with zero attached hydrogens (tertiary/aromatic N) is 4. The van der Waals surface area contributed by atoms with Crippen LogP contribution in [0.15, 0.2) is 54.9 Å². The molecule has 3 aromatic rings. The van der Waals surface area contributed by atoms with Gasteiger partial charge in [-0.2, -0.15) is 5.10 Å². The molecule has 0 fully saturated rings. The van der Waals surface area contributed by atoms with E-state index in [1.54, 1.807) is 17.1 Å². The maximum Gasteiger partial charge on any atom is 0.257 e. The number of carbonyl (C=O) groups is 1. The zero-order chi connectivity index (χ0) is 17.4. The second-order valence-electron chi connectivity index (χ2n) is 6.37. The van der Waals surface area contributed by atoms with Crippen LogP contribution in [0.2, 0.25) is 0 Å². The fraction of sp³-hybridized carbons (Fsp3) is 0.250. The topological polar surface area (TPSA) is 51.0 Å². The van der Waals surface area contributed by atoms with E-state index in [4.69, 9.17) is 0 Å². The van der Waals surface area contributed by atoms with Crippen molar-refractivity contribution in [3.05, 3.63) is 77.2 Å². The molecule has 126 valence electrons. The number of amides is 1. The van der Waals surface area contributed by atoms with Crippen molar-refractivity contribution in [2.45, 2.75) is 26.3 Å². The Morgan fingerprint density at radius 1 is 1.16 bits per heavy atom. The minimum atomic E-state index is 0.0293. The standard InChI is InChI=1S/C20H20N4O/c1-14-17-8-4-3-7-16(17)10-12-23(14)20(25)18-13-22-24(15(18)2)19-9-5-6-11-21-19/h3-9,11,13-14H,10,12H2,1-2H3. The molecule has 1 aliphatic heterocycles. The van der Waals surface area contributed by atoms with Gasteiger partial charge in [0.1, 0.15) is 0 Å². The summed E-state index contributed by atoms with van der Waals surface area (Å²) in [6.07, 6.45) is 4.26. The number of hydrogen-bond acceptors (Lipinski definition) is 3. The van der Waals surface area contributed by atoms with Crippen molar-refractivity contribution in [2.75, 3.05) is 6.54 Å². The summed E-state index contributed by atoms with van der Waals surface area (Å²) in [6.45, 7) is 4.73. The first-order chi connectivity index (χ1) is 12.2. The van der Waals surface area contributed by atoms with Crippen LogP contribution in [-0.4, -0.2) is 32.1 Å². The van der Waals surface area contributed by atoms with Gasteiger partial charge in [-0.1, -0.05) is 30.3 Å². The Bertz CT molecular complexity index is 916. The maximum absolute atomic E-state index is 13.1. The molecule has 1 atom stereocenters. The molecule has 4 rings (SSSR count). The molecule has 25 heavy (non-hydrogen) atoms. The molecular formula is C20H20N4O. The highest BCUT2D eigenvalue weighted by Crippen LogP contribution is 2.30. The third kappa shape index (κ3) is 2.61. The third-order valence-electron chi connectivity index (χ3n) is 4.96. The summed E-state index contributed by atoms with van der Waals surface area (Å²) in [5.41, 5.74) is 4.02. The monoisotopic (exact) mass is 332 g/mol. The summed E-state index contributed by atoms with van der Waals surface area (Å²) in [4.78, 5) is 19.4. The van der Waals surface area contributed by atoms with Gasteiger partial charge < -0.3 is 4.90 Å². The van der Waals surface area contributed by atoms with Gasteiger partial charge in [-0.25, -0.2) is 9.67 Å². The first kappa shape index (κ1) is 15.6. The van der Waals surface area contributed by atoms with Crippen molar-refractivity contribution >= 4 is 5.91 Å². The highest BCUT2D eigenvalue weighted by Gasteiger charge is 2.30. The van der Waals surface area contributed by atoms with Gasteiger partial charge >= 0.3 is 0 Å². The molecule has 0 radical (unpaired) electrons. The highest BCUT2D eigenvalue weighted by molar-refractivity contribution is 5.95. The van der Waals surface area contributed by atoms with Crippen molar-refractivity contribution in [1.29, 1.82) is 0 Å². The fourth-order valence-electron chi connectivity index (χ4n) is 3.53. The minimum absolute atomic E-state index is 0.0293. The smallest absolute Gasteiger partial charge is 0.257 e. The second kappa shape index (κ2) is 6.16. The van der Waals surface area contributed by atoms with Crippen LogP contribution in [0.4, 0.5) is 0 Å². The molecule has 1 amide bonds. The van der Waals surface area contributed by atoms with Crippen LogP contribution in [0, 0.1) is 6.92 Å². The Morgan fingerprint density at radius 3 is 2.76 bits per heavy atom. The predicted octanol–water partition coefficient (Wildman–Crippen LogP) is 3.34. The minimum Gasteiger partial charge on any atom is -0.331 e. The summed E-state index contributed by atoms with van der Waals surface area (Å²) in [6, 6.07) is 14.1. The molecule has 0 N–H and O–H groups in total. The lowest BCUT2D eigenvalue weighted by Gasteiger charge is -2.35. The molecule has 1 aliphatic rings. The Kier molecular flexibility index (Phi) is 3.84. The number of aromatic nitrogens is 3. The van der Waals surface area contributed by atoms with Gasteiger partial charge in [0.2, 0.25) is 0 Å². The average Bonchev–Trinajstić information content (AvgIpc) is 3.04. The van der Waals surface area contributed by atoms with Gasteiger partial charge in [0.15, 0.2) is 5.82 Å². The molecule has 5 heteroatoms. The van der Waals surface area contributed by atoms with Gasteiger partial charge in [-0.05, 0) is 43.5 Å². The quantitative estimate of drug-likeness (QED) is 0.723. The van der Waals surface area contributed by atoms with Crippen LogP contribution in [0.1, 0.15) is 40.1 Å². The normalized spacial score (nSPS) is 16.6. The summed E-state index contributed by atoms with van der Waals surface area (Å²) in [5.74, 6) is 0.748. The third-order valence-corrected chi connectivity index (χ3v) is 4.96. The Balaban J connectivity index is 1.66. The molecule has 5 nitrogen and oxygen atoms in total. The summed E-state index contributed by atoms with van der Waals surface area (Å²) in [7, 11) is 0. The van der Waals surface area contributed by atoms with Crippen LogP contribution < -0.4 is 0 Å². The van der Waals surface area contributed by atoms with Gasteiger partial charge in [0.25, 0.3) is 5.91 Å². The summed E-state index contributed by atoms with van der Waals surface area (Å²) < 4.78 is 1.72. The number of benzene rings is 1. The van der Waals surface area contributed by atoms with E-state index in [1.807, 2.05) is 36.1 Å². The summed E-state index contributed by atoms with van der Waals surface area (Å²) in [5, 5.41) is 4.38. The first-order valence-electron chi connectivity index (χ1n) is 8.51. The van der Waals surface area contributed by atoms with Gasteiger partial charge in [-0.15, -0.1) is 0 Å². The maximum atomic E-state index is 13.1. The van der Waals surface area contributed by atoms with E-state index in [1.165, 1.54) is 11.1 Å². The number of fused-ring (bicyclic) bond motifs is 1. The van der Waals surface area contributed by atoms with E-state index in [2.05, 4.69) is 35.2 Å². The van der Waals surface area contributed by atoms with Crippen molar-refractivity contribution in [3.63, 3.8) is 0 Å². The van der Waals surface area contributed by atoms with E-state index in [0.29, 0.717) is 5.56 Å². The van der Waals surface area contributed by atoms with Gasteiger partial charge in [-0.3, -0.25) is 4.79 Å². The van der Waals surface area contributed by atoms with Gasteiger partial charge in [0.05, 0.1) is 23.5 Å². The lowest BCUT2D eigenvalue weighted by molar-refractivity contribution is 0.0677. The van der Waals surface area contributed by atoms with Crippen molar-refractivity contribution in [3.8, 4) is 5.82 Å². The SMILES string of the molecule is Cc1c(C(=O)N2CCc3ccccc3C2C)cnn1-c1ccccn1. The molecule has 2 aromatic heterocycles. The highest BCUT2D eigenvalue weighted by atomic mass is 16.2. The van der Waals surface area contributed by atoms with Crippen molar-refractivity contribution in [2.24, 2.45) is 0 Å². The number of carbonyl (C=O) groups excluding carboxylic acids is 1. The number of rotatable bonds is 2. The van der Waals surface area contributed by atoms with Crippen LogP contribution in [0.25, 0.3) is 5.82 Å². The van der Waals surface area contributed by atoms with E-state index in [0.717, 1.165) is 24.5 Å². The molecule has 0 saturated heterocycles. The Labute approximate surface area is 146 Å². The molecule has 1 unspecified atom stereocenters. The zero-order valence-electron chi connectivity index (χ0n) is 14.4. The number of hydrogen-bond donors (Lipinski definition) is 0. The largest absolute Gasteiger partial charge is 0.331 e. The van der Waals surface area contributed by atoms with Crippen molar-refractivity contribution < 1.29 is 4.79 Å². The van der Waals surface area contributed by atoms with E-state index < -0.39 is 0 Å². The van der Waals surface area contributed by atoms with Crippen molar-refractivity contribution in [1.82, 2.24) is 19.7 Å². The predicted molar refractivity (Wildman–Crippen MR) is 95.7 cm³/mol. The molecule has 1 aromatic carbocycles. The second-order valence-corrected chi connectivity index (χ2v) is 6.37. The van der Waals surface area contributed by atoms with Crippen LogP contribution in [-0.2, 0) is 6.42 Å². The average molecular weight is 332 g/mol. The van der Waals surface area contributed by atoms with E-state index >= 15 is 0 Å². The van der Waals surface area contributed by atoms with E-state index in [-0.39, 0.29) is 11.9 Å². The van der Waals surface area contributed by atoms with E-state index in [9.17, 15) is 4.79 Å². The fourth-order valence-corrected chi connectivity index (χ4v) is 3.53. The molecular weight excluding hydrogens is 312 g/mol. The molecule has 0 aliphatic carbocycles. The molecule has 0 spiro atoms. The lowest BCUT2D eigenvalue weighted by atomic mass is 9.93. The van der Waals surface area contributed by atoms with Crippen LogP contribution in [0.3, 0.4) is 0 Å². The molecule has 3 heterocycles. The zero-order valence-corrected chi connectivity index (χ0v) is 14.4. The molecule has 0 saturated carbocycles. The summed E-state index contributed by atoms with van der Waals surface area (Å²) >= 11 is 0. The molecule has 0 bridgehead atoms. The Morgan fingerprint density at radius 2 is 1.96 bits per heavy atom. The Hall–Kier alpha value is -2.95. The first-order valence-corrected chi connectivity index (χ1v) is 8.51. The van der Waals surface area contributed by atoms with Gasteiger partial charge in [0, 0.05) is 12.7 Å². The lowest BCUT2D eigenvalue weighted by Crippen LogP contribution is -2.39. The number of pyridine rings is 1. The van der Waals surface area contributed by atoms with Crippen LogP contribution in [0.5, 0.6) is 0 Å². The van der Waals surface area contributed by atoms with Crippen LogP contribution >= 0.6 is 0 Å².